The highest BCUT2D eigenvalue weighted by Crippen LogP contribution is 2.40. The second kappa shape index (κ2) is 21.1. The lowest BCUT2D eigenvalue weighted by atomic mass is 10.1. The zero-order valence-corrected chi connectivity index (χ0v) is 35.7. The second-order valence-electron chi connectivity index (χ2n) is 10.8. The molecule has 270 valence electrons. The maximum Gasteiger partial charge on any atom is 0.167 e. The highest BCUT2D eigenvalue weighted by atomic mass is 79.9. The van der Waals surface area contributed by atoms with E-state index >= 15 is 0 Å². The first kappa shape index (κ1) is 43.7. The summed E-state index contributed by atoms with van der Waals surface area (Å²) in [6, 6.07) is 11.7. The largest absolute Gasteiger partial charge is 0.506 e. The van der Waals surface area contributed by atoms with E-state index in [1.165, 1.54) is 0 Å². The van der Waals surface area contributed by atoms with Gasteiger partial charge < -0.3 is 38.3 Å². The molecule has 4 aromatic rings. The van der Waals surface area contributed by atoms with Crippen LogP contribution in [0.15, 0.2) is 49.8 Å². The predicted molar refractivity (Wildman–Crippen MR) is 210 cm³/mol. The van der Waals surface area contributed by atoms with Crippen molar-refractivity contribution in [2.45, 2.75) is 48.5 Å². The molecule has 0 aliphatic rings. The lowest BCUT2D eigenvalue weighted by Crippen LogP contribution is -1.98. The molecule has 49 heavy (non-hydrogen) atoms. The maximum atomic E-state index is 9.39. The SMILES string of the molecule is COc1cc(C)c(OC)c(OC)c1C.COc1cc(C)c(OC)cc1C.COc1cc(C)cc(OC)c1C.Cc1cc(Br)c(O)c(Br)c1Br. The van der Waals surface area contributed by atoms with E-state index in [1.54, 1.807) is 49.8 Å². The minimum atomic E-state index is 0.225. The van der Waals surface area contributed by atoms with Crippen LogP contribution in [0.25, 0.3) is 0 Å². The Balaban J connectivity index is 0.000000328. The van der Waals surface area contributed by atoms with Crippen molar-refractivity contribution in [2.24, 2.45) is 0 Å². The Morgan fingerprint density at radius 3 is 1.18 bits per heavy atom. The molecule has 0 radical (unpaired) electrons. The Labute approximate surface area is 317 Å². The van der Waals surface area contributed by atoms with Crippen molar-refractivity contribution >= 4 is 47.8 Å². The summed E-state index contributed by atoms with van der Waals surface area (Å²) in [5, 5.41) is 9.39. The minimum Gasteiger partial charge on any atom is -0.506 e. The highest BCUT2D eigenvalue weighted by molar-refractivity contribution is 9.13. The van der Waals surface area contributed by atoms with Gasteiger partial charge in [-0.15, -0.1) is 0 Å². The normalized spacial score (nSPS) is 9.82. The third kappa shape index (κ3) is 11.9. The molecule has 0 fully saturated rings. The van der Waals surface area contributed by atoms with Crippen molar-refractivity contribution < 1.29 is 38.3 Å². The second-order valence-corrected chi connectivity index (χ2v) is 13.3. The third-order valence-electron chi connectivity index (χ3n) is 7.38. The van der Waals surface area contributed by atoms with Gasteiger partial charge in [0.1, 0.15) is 34.5 Å². The molecular formula is C38H49Br3O8. The van der Waals surface area contributed by atoms with E-state index < -0.39 is 0 Å². The number of phenols is 1. The molecule has 0 saturated heterocycles. The lowest BCUT2D eigenvalue weighted by Gasteiger charge is -2.15. The van der Waals surface area contributed by atoms with Gasteiger partial charge in [0.25, 0.3) is 0 Å². The number of halogens is 3. The third-order valence-corrected chi connectivity index (χ3v) is 10.3. The topological polar surface area (TPSA) is 84.8 Å². The van der Waals surface area contributed by atoms with Gasteiger partial charge in [-0.1, -0.05) is 0 Å². The molecule has 8 nitrogen and oxygen atoms in total. The van der Waals surface area contributed by atoms with E-state index in [0.717, 1.165) is 83.7 Å². The Kier molecular flexibility index (Phi) is 18.8. The number of aryl methyl sites for hydroxylation is 5. The quantitative estimate of drug-likeness (QED) is 0.184. The fraction of sp³-hybridized carbons (Fsp3) is 0.368. The molecule has 0 aliphatic carbocycles. The molecule has 0 amide bonds. The lowest BCUT2D eigenvalue weighted by molar-refractivity contribution is 0.343. The predicted octanol–water partition coefficient (Wildman–Crippen LogP) is 11.0. The summed E-state index contributed by atoms with van der Waals surface area (Å²) in [6.07, 6.45) is 0. The van der Waals surface area contributed by atoms with Gasteiger partial charge in [0, 0.05) is 15.6 Å². The molecule has 11 heteroatoms. The van der Waals surface area contributed by atoms with Crippen LogP contribution in [-0.2, 0) is 0 Å². The van der Waals surface area contributed by atoms with E-state index in [1.807, 2.05) is 84.9 Å². The summed E-state index contributed by atoms with van der Waals surface area (Å²) in [6.45, 7) is 13.9. The Morgan fingerprint density at radius 2 is 0.796 bits per heavy atom. The molecule has 0 bridgehead atoms. The molecule has 0 spiro atoms. The smallest absolute Gasteiger partial charge is 0.167 e. The van der Waals surface area contributed by atoms with Crippen molar-refractivity contribution in [1.29, 1.82) is 0 Å². The Bertz CT molecular complexity index is 1610. The van der Waals surface area contributed by atoms with Gasteiger partial charge in [-0.25, -0.2) is 0 Å². The molecule has 0 aliphatic heterocycles. The average molecular weight is 874 g/mol. The molecule has 0 atom stereocenters. The zero-order chi connectivity index (χ0) is 37.6. The van der Waals surface area contributed by atoms with Gasteiger partial charge in [-0.3, -0.25) is 0 Å². The number of rotatable bonds is 7. The summed E-state index contributed by atoms with van der Waals surface area (Å²) < 4.78 is 38.8. The molecule has 0 aromatic heterocycles. The molecule has 0 heterocycles. The van der Waals surface area contributed by atoms with Crippen LogP contribution >= 0.6 is 47.8 Å². The number of hydrogen-bond donors (Lipinski definition) is 1. The van der Waals surface area contributed by atoms with Crippen LogP contribution in [0.3, 0.4) is 0 Å². The Morgan fingerprint density at radius 1 is 0.408 bits per heavy atom. The summed E-state index contributed by atoms with van der Waals surface area (Å²) in [4.78, 5) is 0. The van der Waals surface area contributed by atoms with Crippen molar-refractivity contribution in [3.63, 3.8) is 0 Å². The van der Waals surface area contributed by atoms with E-state index in [0.29, 0.717) is 8.95 Å². The van der Waals surface area contributed by atoms with Crippen LogP contribution in [0.4, 0.5) is 0 Å². The number of methoxy groups -OCH3 is 7. The van der Waals surface area contributed by atoms with Crippen molar-refractivity contribution in [3.05, 3.63) is 88.8 Å². The first-order chi connectivity index (χ1) is 23.1. The van der Waals surface area contributed by atoms with Gasteiger partial charge in [0.2, 0.25) is 0 Å². The van der Waals surface area contributed by atoms with E-state index in [9.17, 15) is 5.11 Å². The van der Waals surface area contributed by atoms with Gasteiger partial charge >= 0.3 is 0 Å². The monoisotopic (exact) mass is 870 g/mol. The van der Waals surface area contributed by atoms with E-state index in [-0.39, 0.29) is 5.75 Å². The molecule has 0 saturated carbocycles. The maximum absolute atomic E-state index is 9.39. The number of aromatic hydroxyl groups is 1. The highest BCUT2D eigenvalue weighted by Gasteiger charge is 2.15. The average Bonchev–Trinajstić information content (AvgIpc) is 3.09. The summed E-state index contributed by atoms with van der Waals surface area (Å²) >= 11 is 9.82. The summed E-state index contributed by atoms with van der Waals surface area (Å²) in [5.74, 6) is 6.14. The van der Waals surface area contributed by atoms with Crippen LogP contribution < -0.4 is 33.2 Å². The fourth-order valence-electron chi connectivity index (χ4n) is 4.67. The molecular weight excluding hydrogens is 824 g/mol. The Hall–Kier alpha value is -3.28. The number of ether oxygens (including phenoxy) is 7. The van der Waals surface area contributed by atoms with E-state index in [4.69, 9.17) is 33.2 Å². The molecule has 4 aromatic carbocycles. The van der Waals surface area contributed by atoms with Crippen LogP contribution in [0.1, 0.15) is 38.9 Å². The number of phenolic OH excluding ortho intramolecular Hbond substituents is 1. The first-order valence-electron chi connectivity index (χ1n) is 15.0. The summed E-state index contributed by atoms with van der Waals surface area (Å²) in [7, 11) is 11.6. The molecule has 0 unspecified atom stereocenters. The first-order valence-corrected chi connectivity index (χ1v) is 17.4. The summed E-state index contributed by atoms with van der Waals surface area (Å²) in [5.41, 5.74) is 7.42. The van der Waals surface area contributed by atoms with Crippen molar-refractivity contribution in [1.82, 2.24) is 0 Å². The van der Waals surface area contributed by atoms with Gasteiger partial charge in [-0.2, -0.15) is 0 Å². The van der Waals surface area contributed by atoms with Crippen molar-refractivity contribution in [2.75, 3.05) is 49.8 Å². The van der Waals surface area contributed by atoms with E-state index in [2.05, 4.69) is 47.8 Å². The standard InChI is InChI=1S/C11H16O3.2C10H14O2.C7H5Br3O/c1-7-6-9(12-3)8(2)11(14-5)10(7)13-4;1-7-5-10(12-4)8(2)6-9(7)11-3;1-7-5-9(11-3)8(2)10(6-7)12-4;1-3-2-4(8)7(11)6(10)5(3)9/h6H,1-5H3;2*5-6H,1-4H3;2,11H,1H3. The zero-order valence-electron chi connectivity index (χ0n) is 30.9. The molecule has 1 N–H and O–H groups in total. The van der Waals surface area contributed by atoms with Crippen LogP contribution in [-0.4, -0.2) is 54.9 Å². The fourth-order valence-corrected chi connectivity index (χ4v) is 6.30. The van der Waals surface area contributed by atoms with Crippen molar-refractivity contribution in [3.8, 4) is 46.0 Å². The molecule has 4 rings (SSSR count). The van der Waals surface area contributed by atoms with Gasteiger partial charge in [0.05, 0.1) is 58.7 Å². The van der Waals surface area contributed by atoms with Crippen LogP contribution in [0.5, 0.6) is 46.0 Å². The number of benzene rings is 4. The van der Waals surface area contributed by atoms with Gasteiger partial charge in [-0.05, 0) is 160 Å². The van der Waals surface area contributed by atoms with Crippen LogP contribution in [0.2, 0.25) is 0 Å². The van der Waals surface area contributed by atoms with Crippen LogP contribution in [0, 0.1) is 48.5 Å². The minimum absolute atomic E-state index is 0.225. The number of hydrogen-bond acceptors (Lipinski definition) is 8. The van der Waals surface area contributed by atoms with Gasteiger partial charge in [0.15, 0.2) is 11.5 Å².